The molecule has 0 fully saturated rings. The average molecular weight is 386 g/mol. The normalized spacial score (nSPS) is 10.6. The predicted octanol–water partition coefficient (Wildman–Crippen LogP) is 2.79. The molecule has 148 valence electrons. The molecule has 28 heavy (non-hydrogen) atoms. The topological polar surface area (TPSA) is 115 Å². The smallest absolute Gasteiger partial charge is 0.282 e. The van der Waals surface area contributed by atoms with E-state index in [9.17, 15) is 14.9 Å². The Labute approximate surface area is 162 Å². The number of carbonyl (C=O) groups excluding carboxylic acids is 1. The molecule has 0 aromatic heterocycles. The molecule has 9 nitrogen and oxygen atoms in total. The molecule has 2 N–H and O–H groups in total. The third-order valence-electron chi connectivity index (χ3n) is 3.94. The van der Waals surface area contributed by atoms with E-state index in [1.807, 2.05) is 32.0 Å². The van der Waals surface area contributed by atoms with Crippen molar-refractivity contribution in [3.05, 3.63) is 57.1 Å². The van der Waals surface area contributed by atoms with Crippen LogP contribution in [0, 0.1) is 24.0 Å². The molecule has 2 aromatic carbocycles. The van der Waals surface area contributed by atoms with Crippen LogP contribution in [0.4, 0.5) is 11.4 Å². The minimum Gasteiger partial charge on any atom is -0.493 e. The van der Waals surface area contributed by atoms with Crippen molar-refractivity contribution in [1.29, 1.82) is 0 Å². The summed E-state index contributed by atoms with van der Waals surface area (Å²) in [4.78, 5) is 22.7. The van der Waals surface area contributed by atoms with E-state index in [2.05, 4.69) is 15.8 Å². The Bertz CT molecular complexity index is 911. The molecule has 2 rings (SSSR count). The van der Waals surface area contributed by atoms with Gasteiger partial charge in [0.25, 0.3) is 11.6 Å². The van der Waals surface area contributed by atoms with Crippen molar-refractivity contribution in [1.82, 2.24) is 5.43 Å². The lowest BCUT2D eigenvalue weighted by Crippen LogP contribution is -2.26. The van der Waals surface area contributed by atoms with Crippen LogP contribution >= 0.6 is 0 Å². The molecule has 0 heterocycles. The SMILES string of the molecule is COc1cc(C=NNC(=O)CNc2ccc(C)cc2C)c([N+](=O)[O-])cc1OC. The van der Waals surface area contributed by atoms with E-state index in [4.69, 9.17) is 9.47 Å². The molecule has 0 saturated carbocycles. The number of nitro groups is 1. The maximum absolute atomic E-state index is 12.0. The van der Waals surface area contributed by atoms with Crippen molar-refractivity contribution in [2.45, 2.75) is 13.8 Å². The van der Waals surface area contributed by atoms with Gasteiger partial charge in [0.1, 0.15) is 0 Å². The summed E-state index contributed by atoms with van der Waals surface area (Å²) in [5.41, 5.74) is 5.30. The Morgan fingerprint density at radius 1 is 1.18 bits per heavy atom. The number of nitro benzene ring substituents is 1. The van der Waals surface area contributed by atoms with Crippen LogP contribution in [0.5, 0.6) is 11.5 Å². The number of methoxy groups -OCH3 is 2. The van der Waals surface area contributed by atoms with E-state index in [1.165, 1.54) is 32.6 Å². The summed E-state index contributed by atoms with van der Waals surface area (Å²) in [6, 6.07) is 8.51. The maximum Gasteiger partial charge on any atom is 0.282 e. The molecule has 0 saturated heterocycles. The van der Waals surface area contributed by atoms with Gasteiger partial charge < -0.3 is 14.8 Å². The number of rotatable bonds is 8. The number of hydrogen-bond donors (Lipinski definition) is 2. The molecule has 0 spiro atoms. The van der Waals surface area contributed by atoms with Gasteiger partial charge in [0, 0.05) is 5.69 Å². The number of benzene rings is 2. The third kappa shape index (κ3) is 5.19. The highest BCUT2D eigenvalue weighted by molar-refractivity contribution is 5.88. The number of aryl methyl sites for hydroxylation is 2. The Hall–Kier alpha value is -3.62. The highest BCUT2D eigenvalue weighted by Gasteiger charge is 2.18. The molecule has 0 atom stereocenters. The monoisotopic (exact) mass is 386 g/mol. The fraction of sp³-hybridized carbons (Fsp3) is 0.263. The molecule has 2 aromatic rings. The fourth-order valence-corrected chi connectivity index (χ4v) is 2.55. The van der Waals surface area contributed by atoms with Gasteiger partial charge in [-0.25, -0.2) is 5.43 Å². The number of ether oxygens (including phenoxy) is 2. The molecule has 0 aliphatic rings. The molecule has 0 unspecified atom stereocenters. The summed E-state index contributed by atoms with van der Waals surface area (Å²) in [5, 5.41) is 18.1. The zero-order chi connectivity index (χ0) is 20.7. The highest BCUT2D eigenvalue weighted by atomic mass is 16.6. The van der Waals surface area contributed by atoms with Gasteiger partial charge in [-0.05, 0) is 31.5 Å². The second-order valence-corrected chi connectivity index (χ2v) is 5.99. The van der Waals surface area contributed by atoms with Gasteiger partial charge in [-0.2, -0.15) is 5.10 Å². The van der Waals surface area contributed by atoms with Crippen LogP contribution < -0.4 is 20.2 Å². The zero-order valence-corrected chi connectivity index (χ0v) is 16.1. The standard InChI is InChI=1S/C19H22N4O5/c1-12-5-6-15(13(2)7-12)20-11-19(24)22-21-10-14-8-17(27-3)18(28-4)9-16(14)23(25)26/h5-10,20H,11H2,1-4H3,(H,22,24). The van der Waals surface area contributed by atoms with Gasteiger partial charge in [0.05, 0.1) is 43.5 Å². The summed E-state index contributed by atoms with van der Waals surface area (Å²) < 4.78 is 10.2. The van der Waals surface area contributed by atoms with Crippen LogP contribution in [0.2, 0.25) is 0 Å². The molecule has 1 amide bonds. The summed E-state index contributed by atoms with van der Waals surface area (Å²) in [7, 11) is 2.81. The van der Waals surface area contributed by atoms with Crippen LogP contribution in [0.1, 0.15) is 16.7 Å². The zero-order valence-electron chi connectivity index (χ0n) is 16.1. The number of hydrazone groups is 1. The fourth-order valence-electron chi connectivity index (χ4n) is 2.55. The highest BCUT2D eigenvalue weighted by Crippen LogP contribution is 2.33. The largest absolute Gasteiger partial charge is 0.493 e. The van der Waals surface area contributed by atoms with Crippen LogP contribution in [-0.4, -0.2) is 37.8 Å². The van der Waals surface area contributed by atoms with E-state index in [1.54, 1.807) is 0 Å². The predicted molar refractivity (Wildman–Crippen MR) is 106 cm³/mol. The van der Waals surface area contributed by atoms with Gasteiger partial charge in [-0.15, -0.1) is 0 Å². The quantitative estimate of drug-likeness (QED) is 0.409. The van der Waals surface area contributed by atoms with E-state index >= 15 is 0 Å². The van der Waals surface area contributed by atoms with Gasteiger partial charge in [0.2, 0.25) is 0 Å². The first-order valence-electron chi connectivity index (χ1n) is 8.39. The summed E-state index contributed by atoms with van der Waals surface area (Å²) in [6.07, 6.45) is 1.19. The number of carbonyl (C=O) groups is 1. The van der Waals surface area contributed by atoms with Crippen molar-refractivity contribution in [2.24, 2.45) is 5.10 Å². The maximum atomic E-state index is 12.0. The summed E-state index contributed by atoms with van der Waals surface area (Å²) >= 11 is 0. The Kier molecular flexibility index (Phi) is 6.91. The van der Waals surface area contributed by atoms with E-state index < -0.39 is 4.92 Å². The van der Waals surface area contributed by atoms with E-state index in [0.29, 0.717) is 5.75 Å². The first kappa shape index (κ1) is 20.7. The molecule has 0 aliphatic carbocycles. The molecule has 0 aliphatic heterocycles. The summed E-state index contributed by atoms with van der Waals surface area (Å²) in [5.74, 6) is 0.157. The van der Waals surface area contributed by atoms with Gasteiger partial charge in [0.15, 0.2) is 11.5 Å². The summed E-state index contributed by atoms with van der Waals surface area (Å²) in [6.45, 7) is 3.95. The number of nitrogens with zero attached hydrogens (tertiary/aromatic N) is 2. The van der Waals surface area contributed by atoms with Gasteiger partial charge >= 0.3 is 0 Å². The lowest BCUT2D eigenvalue weighted by molar-refractivity contribution is -0.385. The van der Waals surface area contributed by atoms with Crippen LogP contribution in [0.3, 0.4) is 0 Å². The van der Waals surface area contributed by atoms with Crippen LogP contribution in [-0.2, 0) is 4.79 Å². The minimum atomic E-state index is -0.563. The lowest BCUT2D eigenvalue weighted by Gasteiger charge is -2.09. The number of amides is 1. The van der Waals surface area contributed by atoms with Crippen molar-refractivity contribution < 1.29 is 19.2 Å². The van der Waals surface area contributed by atoms with Crippen molar-refractivity contribution >= 4 is 23.5 Å². The lowest BCUT2D eigenvalue weighted by atomic mass is 10.1. The number of nitrogens with one attached hydrogen (secondary N) is 2. The Morgan fingerprint density at radius 3 is 2.46 bits per heavy atom. The second-order valence-electron chi connectivity index (χ2n) is 5.99. The molecule has 0 radical (unpaired) electrons. The molecular formula is C19H22N4O5. The third-order valence-corrected chi connectivity index (χ3v) is 3.94. The van der Waals surface area contributed by atoms with Crippen molar-refractivity contribution in [3.63, 3.8) is 0 Å². The average Bonchev–Trinajstić information content (AvgIpc) is 2.66. The molecule has 0 bridgehead atoms. The first-order valence-corrected chi connectivity index (χ1v) is 8.39. The van der Waals surface area contributed by atoms with Crippen molar-refractivity contribution in [3.8, 4) is 11.5 Å². The van der Waals surface area contributed by atoms with Crippen molar-refractivity contribution in [2.75, 3.05) is 26.1 Å². The van der Waals surface area contributed by atoms with Crippen LogP contribution in [0.15, 0.2) is 35.4 Å². The Morgan fingerprint density at radius 2 is 1.86 bits per heavy atom. The van der Waals surface area contributed by atoms with Gasteiger partial charge in [-0.3, -0.25) is 14.9 Å². The van der Waals surface area contributed by atoms with Crippen LogP contribution in [0.25, 0.3) is 0 Å². The molecule has 9 heteroatoms. The minimum absolute atomic E-state index is 0.00919. The first-order chi connectivity index (χ1) is 13.3. The molecular weight excluding hydrogens is 364 g/mol. The number of hydrogen-bond acceptors (Lipinski definition) is 7. The van der Waals surface area contributed by atoms with Gasteiger partial charge in [-0.1, -0.05) is 17.7 Å². The Balaban J connectivity index is 2.05. The number of anilines is 1. The van der Waals surface area contributed by atoms with E-state index in [-0.39, 0.29) is 29.5 Å². The second kappa shape index (κ2) is 9.36. The van der Waals surface area contributed by atoms with E-state index in [0.717, 1.165) is 16.8 Å².